The van der Waals surface area contributed by atoms with Gasteiger partial charge in [0.05, 0.1) is 6.21 Å². The number of hydrazone groups is 1. The fraction of sp³-hybridized carbons (Fsp3) is 0.111. The molecule has 0 bridgehead atoms. The molecule has 0 atom stereocenters. The molecule has 2 N–H and O–H groups in total. The summed E-state index contributed by atoms with van der Waals surface area (Å²) in [5, 5.41) is 13.3. The molecule has 0 aliphatic rings. The van der Waals surface area contributed by atoms with Crippen LogP contribution in [0.5, 0.6) is 0 Å². The van der Waals surface area contributed by atoms with Crippen LogP contribution in [0.4, 0.5) is 10.3 Å². The van der Waals surface area contributed by atoms with E-state index in [0.29, 0.717) is 11.2 Å². The first kappa shape index (κ1) is 15.2. The fourth-order valence-electron chi connectivity index (χ4n) is 2.64. The van der Waals surface area contributed by atoms with Crippen LogP contribution in [0.2, 0.25) is 0 Å². The van der Waals surface area contributed by atoms with E-state index in [2.05, 4.69) is 49.7 Å². The first-order chi connectivity index (χ1) is 12.2. The molecule has 25 heavy (non-hydrogen) atoms. The predicted molar refractivity (Wildman–Crippen MR) is 96.2 cm³/mol. The highest BCUT2D eigenvalue weighted by Gasteiger charge is 2.09. The maximum atomic E-state index is 13.1. The maximum Gasteiger partial charge on any atom is 0.265 e. The molecule has 0 unspecified atom stereocenters. The SMILES string of the molecule is CCc1ccc2[nH]c3nc(N/N=C/c4cccc(F)c4)nnc3c2c1. The largest absolute Gasteiger partial charge is 0.338 e. The third kappa shape index (κ3) is 3.03. The lowest BCUT2D eigenvalue weighted by atomic mass is 10.1. The molecule has 7 heteroatoms. The molecule has 0 radical (unpaired) electrons. The Morgan fingerprint density at radius 3 is 2.96 bits per heavy atom. The van der Waals surface area contributed by atoms with Crippen LogP contribution in [0, 0.1) is 5.82 Å². The van der Waals surface area contributed by atoms with Crippen LogP contribution >= 0.6 is 0 Å². The van der Waals surface area contributed by atoms with Gasteiger partial charge in [-0.25, -0.2) is 9.82 Å². The molecule has 0 saturated heterocycles. The highest BCUT2D eigenvalue weighted by atomic mass is 19.1. The Morgan fingerprint density at radius 1 is 1.20 bits per heavy atom. The van der Waals surface area contributed by atoms with E-state index >= 15 is 0 Å². The second kappa shape index (κ2) is 6.27. The van der Waals surface area contributed by atoms with Crippen LogP contribution in [0.3, 0.4) is 0 Å². The lowest BCUT2D eigenvalue weighted by Crippen LogP contribution is -1.99. The van der Waals surface area contributed by atoms with E-state index in [1.165, 1.54) is 23.9 Å². The van der Waals surface area contributed by atoms with Crippen LogP contribution in [0.25, 0.3) is 22.1 Å². The molecule has 0 amide bonds. The number of nitrogens with one attached hydrogen (secondary N) is 2. The minimum absolute atomic E-state index is 0.266. The number of hydrogen-bond acceptors (Lipinski definition) is 5. The van der Waals surface area contributed by atoms with E-state index in [1.54, 1.807) is 12.1 Å². The smallest absolute Gasteiger partial charge is 0.265 e. The Balaban J connectivity index is 1.61. The lowest BCUT2D eigenvalue weighted by Gasteiger charge is -1.98. The molecule has 0 aliphatic heterocycles. The van der Waals surface area contributed by atoms with Crippen molar-refractivity contribution < 1.29 is 4.39 Å². The van der Waals surface area contributed by atoms with E-state index in [0.717, 1.165) is 22.8 Å². The standard InChI is InChI=1S/C18H15FN6/c1-2-11-6-7-15-14(9-11)16-17(21-15)22-18(25-23-16)24-20-10-12-4-3-5-13(19)8-12/h3-10H,2H2,1H3,(H2,21,22,24,25)/b20-10+. The molecule has 0 spiro atoms. The third-order valence-corrected chi connectivity index (χ3v) is 3.91. The minimum Gasteiger partial charge on any atom is -0.338 e. The van der Waals surface area contributed by atoms with Crippen molar-refractivity contribution >= 4 is 34.2 Å². The molecule has 4 aromatic rings. The van der Waals surface area contributed by atoms with Gasteiger partial charge >= 0.3 is 0 Å². The summed E-state index contributed by atoms with van der Waals surface area (Å²) in [5.41, 5.74) is 6.92. The second-order valence-electron chi connectivity index (χ2n) is 5.62. The van der Waals surface area contributed by atoms with Crippen LogP contribution in [0.1, 0.15) is 18.1 Å². The second-order valence-corrected chi connectivity index (χ2v) is 5.62. The molecule has 2 heterocycles. The van der Waals surface area contributed by atoms with Gasteiger partial charge in [-0.3, -0.25) is 0 Å². The predicted octanol–water partition coefficient (Wildman–Crippen LogP) is 3.65. The number of anilines is 1. The Hall–Kier alpha value is -3.35. The summed E-state index contributed by atoms with van der Waals surface area (Å²) in [4.78, 5) is 7.62. The Labute approximate surface area is 142 Å². The Morgan fingerprint density at radius 2 is 2.12 bits per heavy atom. The number of aromatic amines is 1. The van der Waals surface area contributed by atoms with Crippen LogP contribution in [-0.2, 0) is 6.42 Å². The number of benzene rings is 2. The summed E-state index contributed by atoms with van der Waals surface area (Å²) in [6, 6.07) is 12.3. The number of aryl methyl sites for hydroxylation is 1. The van der Waals surface area contributed by atoms with Gasteiger partial charge in [0, 0.05) is 10.9 Å². The zero-order valence-electron chi connectivity index (χ0n) is 13.5. The summed E-state index contributed by atoms with van der Waals surface area (Å²) in [7, 11) is 0. The van der Waals surface area contributed by atoms with E-state index in [4.69, 9.17) is 0 Å². The van der Waals surface area contributed by atoms with E-state index < -0.39 is 0 Å². The third-order valence-electron chi connectivity index (χ3n) is 3.91. The van der Waals surface area contributed by atoms with Crippen molar-refractivity contribution in [3.63, 3.8) is 0 Å². The van der Waals surface area contributed by atoms with Crippen molar-refractivity contribution in [3.05, 3.63) is 59.4 Å². The molecule has 0 fully saturated rings. The molecule has 6 nitrogen and oxygen atoms in total. The highest BCUT2D eigenvalue weighted by molar-refractivity contribution is 6.03. The molecule has 2 aromatic heterocycles. The van der Waals surface area contributed by atoms with E-state index in [9.17, 15) is 4.39 Å². The number of aromatic nitrogens is 4. The molecule has 0 saturated carbocycles. The maximum absolute atomic E-state index is 13.1. The van der Waals surface area contributed by atoms with Crippen LogP contribution in [0.15, 0.2) is 47.6 Å². The fourth-order valence-corrected chi connectivity index (χ4v) is 2.64. The average Bonchev–Trinajstić information content (AvgIpc) is 2.98. The van der Waals surface area contributed by atoms with Gasteiger partial charge in [-0.05, 0) is 41.8 Å². The summed E-state index contributed by atoms with van der Waals surface area (Å²) in [6.45, 7) is 2.11. The quantitative estimate of drug-likeness (QED) is 0.441. The molecule has 2 aromatic carbocycles. The van der Waals surface area contributed by atoms with Crippen molar-refractivity contribution in [2.24, 2.45) is 5.10 Å². The first-order valence-electron chi connectivity index (χ1n) is 7.92. The summed E-state index contributed by atoms with van der Waals surface area (Å²) in [6.07, 6.45) is 2.45. The summed E-state index contributed by atoms with van der Waals surface area (Å²) in [5.74, 6) is -0.0461. The molecule has 0 aliphatic carbocycles. The van der Waals surface area contributed by atoms with Crippen LogP contribution < -0.4 is 5.43 Å². The lowest BCUT2D eigenvalue weighted by molar-refractivity contribution is 0.627. The topological polar surface area (TPSA) is 78.9 Å². The summed E-state index contributed by atoms with van der Waals surface area (Å²) >= 11 is 0. The van der Waals surface area contributed by atoms with Gasteiger partial charge < -0.3 is 4.98 Å². The average molecular weight is 334 g/mol. The van der Waals surface area contributed by atoms with Crippen LogP contribution in [-0.4, -0.2) is 26.4 Å². The van der Waals surface area contributed by atoms with E-state index in [-0.39, 0.29) is 11.8 Å². The van der Waals surface area contributed by atoms with Gasteiger partial charge in [0.2, 0.25) is 0 Å². The Kier molecular flexibility index (Phi) is 3.81. The number of fused-ring (bicyclic) bond motifs is 3. The molecular weight excluding hydrogens is 319 g/mol. The van der Waals surface area contributed by atoms with Crippen molar-refractivity contribution in [1.82, 2.24) is 20.2 Å². The van der Waals surface area contributed by atoms with Crippen molar-refractivity contribution in [2.75, 3.05) is 5.43 Å². The zero-order valence-corrected chi connectivity index (χ0v) is 13.5. The van der Waals surface area contributed by atoms with Gasteiger partial charge in [-0.1, -0.05) is 25.1 Å². The molecular formula is C18H15FN6. The molecule has 124 valence electrons. The number of halogens is 1. The van der Waals surface area contributed by atoms with Gasteiger partial charge in [-0.15, -0.1) is 10.2 Å². The zero-order chi connectivity index (χ0) is 17.2. The first-order valence-corrected chi connectivity index (χ1v) is 7.92. The van der Waals surface area contributed by atoms with Gasteiger partial charge in [0.25, 0.3) is 5.95 Å². The van der Waals surface area contributed by atoms with Crippen molar-refractivity contribution in [3.8, 4) is 0 Å². The number of nitrogens with zero attached hydrogens (tertiary/aromatic N) is 4. The van der Waals surface area contributed by atoms with Gasteiger partial charge in [0.1, 0.15) is 11.3 Å². The number of hydrogen-bond donors (Lipinski definition) is 2. The van der Waals surface area contributed by atoms with Crippen molar-refractivity contribution in [1.29, 1.82) is 0 Å². The minimum atomic E-state index is -0.312. The van der Waals surface area contributed by atoms with Crippen molar-refractivity contribution in [2.45, 2.75) is 13.3 Å². The van der Waals surface area contributed by atoms with Gasteiger partial charge in [-0.2, -0.15) is 10.1 Å². The summed E-state index contributed by atoms with van der Waals surface area (Å²) < 4.78 is 13.1. The highest BCUT2D eigenvalue weighted by Crippen LogP contribution is 2.23. The van der Waals surface area contributed by atoms with E-state index in [1.807, 2.05) is 6.07 Å². The van der Waals surface area contributed by atoms with Gasteiger partial charge in [0.15, 0.2) is 5.65 Å². The molecule has 4 rings (SSSR count). The number of rotatable bonds is 4. The number of H-pyrrole nitrogens is 1. The monoisotopic (exact) mass is 334 g/mol. The Bertz CT molecular complexity index is 1090. The normalized spacial score (nSPS) is 11.6.